The molecule has 1 atom stereocenters. The third-order valence-electron chi connectivity index (χ3n) is 4.34. The van der Waals surface area contributed by atoms with Crippen LogP contribution in [0, 0.1) is 6.92 Å². The van der Waals surface area contributed by atoms with E-state index >= 15 is 0 Å². The van der Waals surface area contributed by atoms with Gasteiger partial charge in [-0.1, -0.05) is 26.0 Å². The number of amides is 2. The average Bonchev–Trinajstić information content (AvgIpc) is 2.61. The van der Waals surface area contributed by atoms with Gasteiger partial charge in [-0.2, -0.15) is 0 Å². The molecule has 2 amide bonds. The van der Waals surface area contributed by atoms with Gasteiger partial charge >= 0.3 is 0 Å². The van der Waals surface area contributed by atoms with Gasteiger partial charge in [0.2, 0.25) is 0 Å². The SMILES string of the molecule is Cc1ccc(C(C)C)c(O[C@H](C)C(=O)Nc2ccc3c(c2)NC(=O)CO3)c1. The fourth-order valence-electron chi connectivity index (χ4n) is 2.87. The Labute approximate surface area is 158 Å². The van der Waals surface area contributed by atoms with Gasteiger partial charge in [0.1, 0.15) is 11.5 Å². The van der Waals surface area contributed by atoms with E-state index in [1.807, 2.05) is 25.1 Å². The third-order valence-corrected chi connectivity index (χ3v) is 4.34. The number of hydrogen-bond donors (Lipinski definition) is 2. The van der Waals surface area contributed by atoms with Crippen LogP contribution in [0.25, 0.3) is 0 Å². The number of carbonyl (C=O) groups excluding carboxylic acids is 2. The number of ether oxygens (including phenoxy) is 2. The summed E-state index contributed by atoms with van der Waals surface area (Å²) in [7, 11) is 0. The number of carbonyl (C=O) groups is 2. The van der Waals surface area contributed by atoms with Crippen LogP contribution in [-0.2, 0) is 9.59 Å². The van der Waals surface area contributed by atoms with E-state index in [9.17, 15) is 9.59 Å². The van der Waals surface area contributed by atoms with E-state index in [0.29, 0.717) is 23.0 Å². The number of nitrogens with one attached hydrogen (secondary N) is 2. The number of anilines is 2. The summed E-state index contributed by atoms with van der Waals surface area (Å²) >= 11 is 0. The van der Waals surface area contributed by atoms with Crippen molar-refractivity contribution in [2.45, 2.75) is 39.7 Å². The molecular weight excluding hydrogens is 344 g/mol. The van der Waals surface area contributed by atoms with Crippen LogP contribution in [0.15, 0.2) is 36.4 Å². The Balaban J connectivity index is 1.71. The first kappa shape index (κ1) is 18.8. The van der Waals surface area contributed by atoms with E-state index in [2.05, 4.69) is 24.5 Å². The summed E-state index contributed by atoms with van der Waals surface area (Å²) in [6.07, 6.45) is -0.675. The summed E-state index contributed by atoms with van der Waals surface area (Å²) in [5.41, 5.74) is 3.24. The molecule has 3 rings (SSSR count). The smallest absolute Gasteiger partial charge is 0.265 e. The van der Waals surface area contributed by atoms with E-state index in [1.54, 1.807) is 25.1 Å². The molecule has 2 aromatic carbocycles. The van der Waals surface area contributed by atoms with Crippen LogP contribution in [-0.4, -0.2) is 24.5 Å². The molecule has 0 unspecified atom stereocenters. The third kappa shape index (κ3) is 4.39. The highest BCUT2D eigenvalue weighted by atomic mass is 16.5. The largest absolute Gasteiger partial charge is 0.482 e. The predicted molar refractivity (Wildman–Crippen MR) is 105 cm³/mol. The Bertz CT molecular complexity index is 876. The fraction of sp³-hybridized carbons (Fsp3) is 0.333. The van der Waals surface area contributed by atoms with Crippen LogP contribution in [0.5, 0.6) is 11.5 Å². The first-order valence-electron chi connectivity index (χ1n) is 8.98. The molecule has 0 saturated carbocycles. The number of rotatable bonds is 5. The molecule has 0 aliphatic carbocycles. The van der Waals surface area contributed by atoms with E-state index in [0.717, 1.165) is 16.9 Å². The highest BCUT2D eigenvalue weighted by Gasteiger charge is 2.20. The summed E-state index contributed by atoms with van der Waals surface area (Å²) in [6.45, 7) is 7.88. The van der Waals surface area contributed by atoms with Crippen molar-refractivity contribution in [2.75, 3.05) is 17.2 Å². The molecular formula is C21H24N2O4. The lowest BCUT2D eigenvalue weighted by molar-refractivity contribution is -0.122. The molecule has 0 fully saturated rings. The molecule has 0 spiro atoms. The molecule has 1 aliphatic rings. The van der Waals surface area contributed by atoms with Crippen molar-refractivity contribution < 1.29 is 19.1 Å². The van der Waals surface area contributed by atoms with Crippen molar-refractivity contribution in [3.05, 3.63) is 47.5 Å². The van der Waals surface area contributed by atoms with Crippen molar-refractivity contribution in [3.8, 4) is 11.5 Å². The molecule has 1 heterocycles. The zero-order valence-electron chi connectivity index (χ0n) is 16.0. The van der Waals surface area contributed by atoms with E-state index in [4.69, 9.17) is 9.47 Å². The first-order chi connectivity index (χ1) is 12.8. The van der Waals surface area contributed by atoms with Gasteiger partial charge in [0, 0.05) is 5.69 Å². The Kier molecular flexibility index (Phi) is 5.35. The molecule has 142 valence electrons. The Morgan fingerprint density at radius 2 is 1.96 bits per heavy atom. The van der Waals surface area contributed by atoms with Gasteiger partial charge in [0.15, 0.2) is 12.7 Å². The maximum absolute atomic E-state index is 12.6. The van der Waals surface area contributed by atoms with Crippen molar-refractivity contribution in [3.63, 3.8) is 0 Å². The first-order valence-corrected chi connectivity index (χ1v) is 8.98. The summed E-state index contributed by atoms with van der Waals surface area (Å²) in [6, 6.07) is 11.1. The van der Waals surface area contributed by atoms with Crippen molar-refractivity contribution in [1.82, 2.24) is 0 Å². The summed E-state index contributed by atoms with van der Waals surface area (Å²) in [5, 5.41) is 5.54. The minimum Gasteiger partial charge on any atom is -0.482 e. The standard InChI is InChI=1S/C21H24N2O4/c1-12(2)16-7-5-13(3)9-19(16)27-14(4)21(25)22-15-6-8-18-17(10-15)23-20(24)11-26-18/h5-10,12,14H,11H2,1-4H3,(H,22,25)(H,23,24)/t14-/m1/s1. The second-order valence-corrected chi connectivity index (χ2v) is 6.99. The maximum atomic E-state index is 12.6. The second kappa shape index (κ2) is 7.70. The van der Waals surface area contributed by atoms with Gasteiger partial charge in [-0.05, 0) is 55.2 Å². The molecule has 27 heavy (non-hydrogen) atoms. The summed E-state index contributed by atoms with van der Waals surface area (Å²) in [5.74, 6) is 1.11. The van der Waals surface area contributed by atoms with E-state index in [-0.39, 0.29) is 18.4 Å². The van der Waals surface area contributed by atoms with Crippen LogP contribution >= 0.6 is 0 Å². The van der Waals surface area contributed by atoms with Gasteiger partial charge in [-0.3, -0.25) is 9.59 Å². The van der Waals surface area contributed by atoms with Crippen molar-refractivity contribution in [1.29, 1.82) is 0 Å². The predicted octanol–water partition coefficient (Wildman–Crippen LogP) is 3.86. The molecule has 2 aromatic rings. The van der Waals surface area contributed by atoms with Gasteiger partial charge < -0.3 is 20.1 Å². The minimum absolute atomic E-state index is 0.00173. The number of benzene rings is 2. The molecule has 0 radical (unpaired) electrons. The van der Waals surface area contributed by atoms with Gasteiger partial charge in [-0.25, -0.2) is 0 Å². The van der Waals surface area contributed by atoms with E-state index < -0.39 is 6.10 Å². The molecule has 2 N–H and O–H groups in total. The quantitative estimate of drug-likeness (QED) is 0.840. The van der Waals surface area contributed by atoms with Crippen LogP contribution in [0.1, 0.15) is 37.8 Å². The molecule has 0 aromatic heterocycles. The highest BCUT2D eigenvalue weighted by molar-refractivity contribution is 5.98. The molecule has 6 heteroatoms. The zero-order valence-corrected chi connectivity index (χ0v) is 16.0. The molecule has 1 aliphatic heterocycles. The molecule has 6 nitrogen and oxygen atoms in total. The minimum atomic E-state index is -0.675. The highest BCUT2D eigenvalue weighted by Crippen LogP contribution is 2.31. The maximum Gasteiger partial charge on any atom is 0.265 e. The molecule has 0 bridgehead atoms. The fourth-order valence-corrected chi connectivity index (χ4v) is 2.87. The Morgan fingerprint density at radius 3 is 2.70 bits per heavy atom. The van der Waals surface area contributed by atoms with Crippen LogP contribution < -0.4 is 20.1 Å². The Hall–Kier alpha value is -3.02. The average molecular weight is 368 g/mol. The van der Waals surface area contributed by atoms with Gasteiger partial charge in [-0.15, -0.1) is 0 Å². The summed E-state index contributed by atoms with van der Waals surface area (Å²) in [4.78, 5) is 24.0. The monoisotopic (exact) mass is 368 g/mol. The van der Waals surface area contributed by atoms with E-state index in [1.165, 1.54) is 0 Å². The number of fused-ring (bicyclic) bond motifs is 1. The number of hydrogen-bond acceptors (Lipinski definition) is 4. The normalized spacial score (nSPS) is 14.0. The number of aryl methyl sites for hydroxylation is 1. The van der Waals surface area contributed by atoms with Gasteiger partial charge in [0.25, 0.3) is 11.8 Å². The lowest BCUT2D eigenvalue weighted by Crippen LogP contribution is -2.31. The Morgan fingerprint density at radius 1 is 1.19 bits per heavy atom. The lowest BCUT2D eigenvalue weighted by Gasteiger charge is -2.21. The van der Waals surface area contributed by atoms with Crippen LogP contribution in [0.3, 0.4) is 0 Å². The second-order valence-electron chi connectivity index (χ2n) is 6.99. The van der Waals surface area contributed by atoms with Gasteiger partial charge in [0.05, 0.1) is 5.69 Å². The zero-order chi connectivity index (χ0) is 19.6. The molecule has 0 saturated heterocycles. The van der Waals surface area contributed by atoms with Crippen molar-refractivity contribution in [2.24, 2.45) is 0 Å². The van der Waals surface area contributed by atoms with Crippen LogP contribution in [0.2, 0.25) is 0 Å². The van der Waals surface area contributed by atoms with Crippen molar-refractivity contribution >= 4 is 23.2 Å². The summed E-state index contributed by atoms with van der Waals surface area (Å²) < 4.78 is 11.3. The van der Waals surface area contributed by atoms with Crippen LogP contribution in [0.4, 0.5) is 11.4 Å². The lowest BCUT2D eigenvalue weighted by atomic mass is 10.0. The topological polar surface area (TPSA) is 76.7 Å².